The normalized spacial score (nSPS) is 10.8. The molecular formula is C24H18ClFN4O3S. The molecule has 172 valence electrons. The fourth-order valence-corrected chi connectivity index (χ4v) is 4.06. The van der Waals surface area contributed by atoms with Crippen molar-refractivity contribution in [3.8, 4) is 0 Å². The largest absolute Gasteiger partial charge is 0.283 e. The third-order valence-corrected chi connectivity index (χ3v) is 6.06. The van der Waals surface area contributed by atoms with Gasteiger partial charge in [-0.25, -0.2) is 9.37 Å². The third kappa shape index (κ3) is 5.62. The molecule has 0 spiro atoms. The molecule has 1 heterocycles. The monoisotopic (exact) mass is 496 g/mol. The Labute approximate surface area is 202 Å². The van der Waals surface area contributed by atoms with Gasteiger partial charge in [0.05, 0.1) is 23.2 Å². The van der Waals surface area contributed by atoms with Crippen LogP contribution in [0.3, 0.4) is 0 Å². The van der Waals surface area contributed by atoms with Gasteiger partial charge in [-0.05, 0) is 54.1 Å². The Bertz CT molecular complexity index is 1410. The number of amides is 2. The molecule has 0 atom stereocenters. The van der Waals surface area contributed by atoms with Gasteiger partial charge in [-0.2, -0.15) is 0 Å². The molecule has 4 rings (SSSR count). The second-order valence-electron chi connectivity index (χ2n) is 7.23. The highest BCUT2D eigenvalue weighted by Crippen LogP contribution is 2.19. The van der Waals surface area contributed by atoms with E-state index >= 15 is 0 Å². The molecule has 2 N–H and O–H groups in total. The van der Waals surface area contributed by atoms with Gasteiger partial charge in [-0.15, -0.1) is 0 Å². The van der Waals surface area contributed by atoms with Crippen molar-refractivity contribution in [2.24, 2.45) is 0 Å². The molecule has 3 aromatic carbocycles. The van der Waals surface area contributed by atoms with Crippen LogP contribution in [0.2, 0.25) is 5.02 Å². The summed E-state index contributed by atoms with van der Waals surface area (Å²) in [5, 5.41) is 1.26. The number of benzene rings is 3. The lowest BCUT2D eigenvalue weighted by Gasteiger charge is -2.13. The van der Waals surface area contributed by atoms with Crippen LogP contribution >= 0.6 is 23.4 Å². The number of carbonyl (C=O) groups excluding carboxylic acids is 2. The number of carbonyl (C=O) groups is 2. The molecule has 0 saturated carbocycles. The number of fused-ring (bicyclic) bond motifs is 1. The highest BCUT2D eigenvalue weighted by molar-refractivity contribution is 7.99. The molecular weight excluding hydrogens is 479 g/mol. The number of thioether (sulfide) groups is 1. The van der Waals surface area contributed by atoms with Crippen molar-refractivity contribution in [3.05, 3.63) is 105 Å². The van der Waals surface area contributed by atoms with Crippen molar-refractivity contribution < 1.29 is 14.0 Å². The Morgan fingerprint density at radius 3 is 2.41 bits per heavy atom. The number of hydrogen-bond acceptors (Lipinski definition) is 5. The van der Waals surface area contributed by atoms with Gasteiger partial charge in [0.15, 0.2) is 5.16 Å². The summed E-state index contributed by atoms with van der Waals surface area (Å²) in [6.45, 7) is 0.161. The smallest absolute Gasteiger partial charge is 0.269 e. The lowest BCUT2D eigenvalue weighted by Crippen LogP contribution is -2.42. The topological polar surface area (TPSA) is 93.1 Å². The Morgan fingerprint density at radius 1 is 0.971 bits per heavy atom. The molecule has 0 radical (unpaired) electrons. The molecule has 10 heteroatoms. The van der Waals surface area contributed by atoms with E-state index in [1.165, 1.54) is 28.8 Å². The van der Waals surface area contributed by atoms with Crippen LogP contribution in [0.15, 0.2) is 82.7 Å². The predicted octanol–water partition coefficient (Wildman–Crippen LogP) is 3.79. The van der Waals surface area contributed by atoms with Crippen LogP contribution in [-0.4, -0.2) is 27.1 Å². The first-order valence-corrected chi connectivity index (χ1v) is 11.5. The number of halogens is 2. The number of hydrogen-bond donors (Lipinski definition) is 2. The van der Waals surface area contributed by atoms with E-state index in [2.05, 4.69) is 15.8 Å². The quantitative estimate of drug-likeness (QED) is 0.241. The zero-order valence-electron chi connectivity index (χ0n) is 17.6. The third-order valence-electron chi connectivity index (χ3n) is 4.83. The van der Waals surface area contributed by atoms with Gasteiger partial charge in [0.1, 0.15) is 5.82 Å². The van der Waals surface area contributed by atoms with Gasteiger partial charge in [-0.1, -0.05) is 47.6 Å². The molecule has 1 aromatic heterocycles. The van der Waals surface area contributed by atoms with Crippen LogP contribution in [0.4, 0.5) is 4.39 Å². The molecule has 0 aliphatic carbocycles. The summed E-state index contributed by atoms with van der Waals surface area (Å²) in [7, 11) is 0. The molecule has 0 bridgehead atoms. The van der Waals surface area contributed by atoms with Gasteiger partial charge in [0, 0.05) is 10.6 Å². The summed E-state index contributed by atoms with van der Waals surface area (Å²) in [6, 6.07) is 18.9. The highest BCUT2D eigenvalue weighted by atomic mass is 35.5. The summed E-state index contributed by atoms with van der Waals surface area (Å²) in [6.07, 6.45) is 0. The Balaban J connectivity index is 1.49. The minimum absolute atomic E-state index is 0.102. The van der Waals surface area contributed by atoms with Crippen molar-refractivity contribution in [1.29, 1.82) is 0 Å². The zero-order valence-corrected chi connectivity index (χ0v) is 19.2. The first kappa shape index (κ1) is 23.5. The zero-order chi connectivity index (χ0) is 24.1. The number of para-hydroxylation sites is 1. The SMILES string of the molecule is O=C(CSc1nc2ccccc2c(=O)n1Cc1ccc(F)cc1)NNC(=O)c1ccc(Cl)cc1. The average Bonchev–Trinajstić information content (AvgIpc) is 2.85. The van der Waals surface area contributed by atoms with E-state index < -0.39 is 11.8 Å². The Hall–Kier alpha value is -3.69. The maximum Gasteiger partial charge on any atom is 0.269 e. The summed E-state index contributed by atoms with van der Waals surface area (Å²) in [5.41, 5.74) is 5.96. The molecule has 0 aliphatic heterocycles. The van der Waals surface area contributed by atoms with E-state index in [0.717, 1.165) is 11.8 Å². The number of nitrogens with zero attached hydrogens (tertiary/aromatic N) is 2. The Kier molecular flexibility index (Phi) is 7.24. The fourth-order valence-electron chi connectivity index (χ4n) is 3.14. The van der Waals surface area contributed by atoms with Gasteiger partial charge >= 0.3 is 0 Å². The van der Waals surface area contributed by atoms with E-state index in [9.17, 15) is 18.8 Å². The standard InChI is InChI=1S/C24H18ClFN4O3S/c25-17-9-7-16(8-10-17)22(32)29-28-21(31)14-34-24-27-20-4-2-1-3-19(20)23(33)30(24)13-15-5-11-18(26)12-6-15/h1-12H,13-14H2,(H,28,31)(H,29,32). The van der Waals surface area contributed by atoms with Crippen molar-refractivity contribution in [1.82, 2.24) is 20.4 Å². The minimum atomic E-state index is -0.493. The van der Waals surface area contributed by atoms with E-state index in [-0.39, 0.29) is 23.7 Å². The fraction of sp³-hybridized carbons (Fsp3) is 0.0833. The molecule has 7 nitrogen and oxygen atoms in total. The maximum absolute atomic E-state index is 13.3. The Morgan fingerprint density at radius 2 is 1.68 bits per heavy atom. The second-order valence-corrected chi connectivity index (χ2v) is 8.61. The van der Waals surface area contributed by atoms with Crippen molar-refractivity contribution in [2.45, 2.75) is 11.7 Å². The van der Waals surface area contributed by atoms with Crippen LogP contribution in [0.1, 0.15) is 15.9 Å². The van der Waals surface area contributed by atoms with E-state index in [1.807, 2.05) is 0 Å². The van der Waals surface area contributed by atoms with E-state index in [4.69, 9.17) is 11.6 Å². The molecule has 0 saturated heterocycles. The molecule has 4 aromatic rings. The van der Waals surface area contributed by atoms with Gasteiger partial charge in [-0.3, -0.25) is 29.8 Å². The van der Waals surface area contributed by atoms with Gasteiger partial charge < -0.3 is 0 Å². The van der Waals surface area contributed by atoms with Crippen LogP contribution in [0.25, 0.3) is 10.9 Å². The first-order chi connectivity index (χ1) is 16.4. The number of aromatic nitrogens is 2. The molecule has 0 unspecified atom stereocenters. The lowest BCUT2D eigenvalue weighted by molar-refractivity contribution is -0.119. The van der Waals surface area contributed by atoms with Crippen LogP contribution < -0.4 is 16.4 Å². The summed E-state index contributed by atoms with van der Waals surface area (Å²) >= 11 is 6.86. The molecule has 0 aliphatic rings. The highest BCUT2D eigenvalue weighted by Gasteiger charge is 2.14. The molecule has 34 heavy (non-hydrogen) atoms. The van der Waals surface area contributed by atoms with Crippen LogP contribution in [0, 0.1) is 5.82 Å². The second kappa shape index (κ2) is 10.5. The van der Waals surface area contributed by atoms with Crippen molar-refractivity contribution >= 4 is 46.1 Å². The minimum Gasteiger partial charge on any atom is -0.283 e. The van der Waals surface area contributed by atoms with Crippen LogP contribution in [-0.2, 0) is 11.3 Å². The number of rotatable bonds is 6. The summed E-state index contributed by atoms with van der Waals surface area (Å²) < 4.78 is 14.7. The predicted molar refractivity (Wildman–Crippen MR) is 129 cm³/mol. The van der Waals surface area contributed by atoms with E-state index in [1.54, 1.807) is 48.5 Å². The number of hydrazine groups is 1. The van der Waals surface area contributed by atoms with Gasteiger partial charge in [0.2, 0.25) is 5.91 Å². The summed E-state index contributed by atoms with van der Waals surface area (Å²) in [4.78, 5) is 42.2. The van der Waals surface area contributed by atoms with Crippen LogP contribution in [0.5, 0.6) is 0 Å². The maximum atomic E-state index is 13.3. The van der Waals surface area contributed by atoms with Crippen molar-refractivity contribution in [2.75, 3.05) is 5.75 Å². The number of nitrogens with one attached hydrogen (secondary N) is 2. The first-order valence-electron chi connectivity index (χ1n) is 10.1. The molecule has 2 amide bonds. The van der Waals surface area contributed by atoms with E-state index in [0.29, 0.717) is 32.2 Å². The lowest BCUT2D eigenvalue weighted by atomic mass is 10.2. The van der Waals surface area contributed by atoms with Crippen molar-refractivity contribution in [3.63, 3.8) is 0 Å². The average molecular weight is 497 g/mol. The molecule has 0 fully saturated rings. The summed E-state index contributed by atoms with van der Waals surface area (Å²) in [5.74, 6) is -1.45. The van der Waals surface area contributed by atoms with Gasteiger partial charge in [0.25, 0.3) is 11.5 Å².